The second kappa shape index (κ2) is 4.60. The zero-order valence-corrected chi connectivity index (χ0v) is 10.7. The second-order valence-corrected chi connectivity index (χ2v) is 4.39. The zero-order chi connectivity index (χ0) is 13.3. The second-order valence-electron chi connectivity index (χ2n) is 4.39. The van der Waals surface area contributed by atoms with E-state index in [1.54, 1.807) is 36.0 Å². The van der Waals surface area contributed by atoms with E-state index < -0.39 is 0 Å². The van der Waals surface area contributed by atoms with Crippen molar-refractivity contribution in [1.82, 2.24) is 9.78 Å². The van der Waals surface area contributed by atoms with Gasteiger partial charge in [-0.05, 0) is 26.0 Å². The van der Waals surface area contributed by atoms with E-state index in [1.807, 2.05) is 13.8 Å². The van der Waals surface area contributed by atoms with Crippen molar-refractivity contribution in [2.75, 3.05) is 5.73 Å². The fraction of sp³-hybridized carbons (Fsp3) is 0.308. The number of hydrogen-bond acceptors (Lipinski definition) is 4. The molecule has 5 heteroatoms. The van der Waals surface area contributed by atoms with Gasteiger partial charge < -0.3 is 15.6 Å². The summed E-state index contributed by atoms with van der Waals surface area (Å²) in [5.74, 6) is 1.26. The number of anilines is 1. The Kier molecular flexibility index (Phi) is 3.14. The minimum Gasteiger partial charge on any atom is -0.507 e. The number of aryl methyl sites for hydroxylation is 1. The molecule has 5 nitrogen and oxygen atoms in total. The maximum atomic E-state index is 9.99. The van der Waals surface area contributed by atoms with Gasteiger partial charge >= 0.3 is 0 Å². The average molecular weight is 247 g/mol. The van der Waals surface area contributed by atoms with Gasteiger partial charge in [-0.15, -0.1) is 0 Å². The van der Waals surface area contributed by atoms with Crippen LogP contribution in [0.1, 0.15) is 13.8 Å². The number of nitrogen functional groups attached to an aromatic ring is 1. The number of nitrogens with two attached hydrogens (primary N) is 1. The van der Waals surface area contributed by atoms with Crippen LogP contribution in [-0.2, 0) is 7.05 Å². The molecular weight excluding hydrogens is 230 g/mol. The highest BCUT2D eigenvalue weighted by atomic mass is 16.5. The lowest BCUT2D eigenvalue weighted by atomic mass is 10.1. The number of nitrogens with zero attached hydrogens (tertiary/aromatic N) is 2. The van der Waals surface area contributed by atoms with Crippen molar-refractivity contribution >= 4 is 5.82 Å². The molecule has 2 aromatic rings. The molecule has 0 saturated carbocycles. The smallest absolute Gasteiger partial charge is 0.132 e. The molecule has 0 aliphatic heterocycles. The van der Waals surface area contributed by atoms with E-state index in [1.165, 1.54) is 0 Å². The summed E-state index contributed by atoms with van der Waals surface area (Å²) in [6.07, 6.45) is 0.0200. The van der Waals surface area contributed by atoms with Gasteiger partial charge in [0, 0.05) is 13.1 Å². The quantitative estimate of drug-likeness (QED) is 0.871. The van der Waals surface area contributed by atoms with Crippen molar-refractivity contribution in [3.05, 3.63) is 24.3 Å². The van der Waals surface area contributed by atoms with Gasteiger partial charge in [0.15, 0.2) is 0 Å². The number of ether oxygens (including phenoxy) is 1. The number of aromatic hydroxyl groups is 1. The largest absolute Gasteiger partial charge is 0.507 e. The molecule has 2 rings (SSSR count). The first-order chi connectivity index (χ1) is 8.49. The molecule has 0 bridgehead atoms. The molecular formula is C13H17N3O2. The Balaban J connectivity index is 2.54. The summed E-state index contributed by atoms with van der Waals surface area (Å²) in [5, 5.41) is 14.2. The van der Waals surface area contributed by atoms with E-state index in [9.17, 15) is 5.11 Å². The van der Waals surface area contributed by atoms with E-state index in [4.69, 9.17) is 10.5 Å². The van der Waals surface area contributed by atoms with Crippen molar-refractivity contribution in [2.45, 2.75) is 20.0 Å². The number of phenolic OH excluding ortho intramolecular Hbond substituents is 1. The van der Waals surface area contributed by atoms with E-state index >= 15 is 0 Å². The molecule has 1 heterocycles. The van der Waals surface area contributed by atoms with Crippen LogP contribution < -0.4 is 10.5 Å². The van der Waals surface area contributed by atoms with Crippen LogP contribution in [0, 0.1) is 0 Å². The molecule has 0 aliphatic carbocycles. The number of phenols is 1. The van der Waals surface area contributed by atoms with Gasteiger partial charge in [-0.3, -0.25) is 4.68 Å². The minimum atomic E-state index is 0.0200. The minimum absolute atomic E-state index is 0.0200. The molecule has 3 N–H and O–H groups in total. The van der Waals surface area contributed by atoms with Gasteiger partial charge in [0.1, 0.15) is 23.0 Å². The Morgan fingerprint density at radius 3 is 2.67 bits per heavy atom. The number of aromatic nitrogens is 2. The molecule has 0 fully saturated rings. The predicted octanol–water partition coefficient (Wildman–Crippen LogP) is 2.16. The average Bonchev–Trinajstić information content (AvgIpc) is 2.58. The normalized spacial score (nSPS) is 10.9. The molecule has 0 amide bonds. The first-order valence-corrected chi connectivity index (χ1v) is 5.77. The summed E-state index contributed by atoms with van der Waals surface area (Å²) in [7, 11) is 1.75. The van der Waals surface area contributed by atoms with Crippen LogP contribution in [0.3, 0.4) is 0 Å². The number of benzene rings is 1. The predicted molar refractivity (Wildman–Crippen MR) is 70.5 cm³/mol. The van der Waals surface area contributed by atoms with Gasteiger partial charge in [-0.2, -0.15) is 5.10 Å². The summed E-state index contributed by atoms with van der Waals surface area (Å²) < 4.78 is 7.24. The Morgan fingerprint density at radius 2 is 2.11 bits per heavy atom. The van der Waals surface area contributed by atoms with Crippen molar-refractivity contribution < 1.29 is 9.84 Å². The molecule has 0 unspecified atom stereocenters. The van der Waals surface area contributed by atoms with Crippen molar-refractivity contribution in [3.63, 3.8) is 0 Å². The number of hydrogen-bond donors (Lipinski definition) is 2. The fourth-order valence-corrected chi connectivity index (χ4v) is 1.73. The maximum absolute atomic E-state index is 9.99. The highest BCUT2D eigenvalue weighted by Gasteiger charge is 2.16. The summed E-state index contributed by atoms with van der Waals surface area (Å²) >= 11 is 0. The van der Waals surface area contributed by atoms with Gasteiger partial charge in [-0.25, -0.2) is 0 Å². The molecule has 0 saturated heterocycles. The van der Waals surface area contributed by atoms with E-state index in [-0.39, 0.29) is 11.9 Å². The lowest BCUT2D eigenvalue weighted by Crippen LogP contribution is -2.06. The molecule has 0 spiro atoms. The molecule has 96 valence electrons. The highest BCUT2D eigenvalue weighted by molar-refractivity contribution is 5.75. The third-order valence-corrected chi connectivity index (χ3v) is 2.54. The maximum Gasteiger partial charge on any atom is 0.132 e. The van der Waals surface area contributed by atoms with Crippen molar-refractivity contribution in [3.8, 4) is 22.8 Å². The standard InChI is InChI=1S/C13H17N3O2/c1-8(2)18-11-6-4-5-10(17)13(11)9-7-12(14)16(3)15-9/h4-8,17H,14H2,1-3H3. The van der Waals surface area contributed by atoms with Crippen LogP contribution in [0.25, 0.3) is 11.3 Å². The van der Waals surface area contributed by atoms with Crippen LogP contribution in [0.2, 0.25) is 0 Å². The van der Waals surface area contributed by atoms with Gasteiger partial charge in [0.2, 0.25) is 0 Å². The van der Waals surface area contributed by atoms with Gasteiger partial charge in [-0.1, -0.05) is 6.07 Å². The van der Waals surface area contributed by atoms with Crippen LogP contribution >= 0.6 is 0 Å². The molecule has 18 heavy (non-hydrogen) atoms. The van der Waals surface area contributed by atoms with E-state index in [0.29, 0.717) is 22.8 Å². The molecule has 1 aromatic heterocycles. The SMILES string of the molecule is CC(C)Oc1cccc(O)c1-c1cc(N)n(C)n1. The van der Waals surface area contributed by atoms with Crippen LogP contribution in [0.5, 0.6) is 11.5 Å². The Labute approximate surface area is 106 Å². The molecule has 0 atom stereocenters. The van der Waals surface area contributed by atoms with Crippen molar-refractivity contribution in [1.29, 1.82) is 0 Å². The lowest BCUT2D eigenvalue weighted by molar-refractivity contribution is 0.242. The number of rotatable bonds is 3. The third-order valence-electron chi connectivity index (χ3n) is 2.54. The molecule has 0 aliphatic rings. The van der Waals surface area contributed by atoms with Crippen LogP contribution in [-0.4, -0.2) is 21.0 Å². The Bertz CT molecular complexity index is 542. The van der Waals surface area contributed by atoms with Gasteiger partial charge in [0.25, 0.3) is 0 Å². The van der Waals surface area contributed by atoms with Crippen LogP contribution in [0.15, 0.2) is 24.3 Å². The summed E-state index contributed by atoms with van der Waals surface area (Å²) in [5.41, 5.74) is 6.93. The zero-order valence-electron chi connectivity index (χ0n) is 10.7. The van der Waals surface area contributed by atoms with Crippen molar-refractivity contribution in [2.24, 2.45) is 7.05 Å². The Morgan fingerprint density at radius 1 is 1.39 bits per heavy atom. The lowest BCUT2D eigenvalue weighted by Gasteiger charge is -2.13. The first-order valence-electron chi connectivity index (χ1n) is 5.77. The topological polar surface area (TPSA) is 73.3 Å². The summed E-state index contributed by atoms with van der Waals surface area (Å²) in [6.45, 7) is 3.86. The Hall–Kier alpha value is -2.17. The monoisotopic (exact) mass is 247 g/mol. The summed E-state index contributed by atoms with van der Waals surface area (Å²) in [4.78, 5) is 0. The van der Waals surface area contributed by atoms with E-state index in [0.717, 1.165) is 0 Å². The first kappa shape index (κ1) is 12.3. The fourth-order valence-electron chi connectivity index (χ4n) is 1.73. The highest BCUT2D eigenvalue weighted by Crippen LogP contribution is 2.37. The molecule has 1 aromatic carbocycles. The molecule has 0 radical (unpaired) electrons. The van der Waals surface area contributed by atoms with E-state index in [2.05, 4.69) is 5.10 Å². The third kappa shape index (κ3) is 2.25. The van der Waals surface area contributed by atoms with Crippen LogP contribution in [0.4, 0.5) is 5.82 Å². The summed E-state index contributed by atoms with van der Waals surface area (Å²) in [6, 6.07) is 6.86. The van der Waals surface area contributed by atoms with Gasteiger partial charge in [0.05, 0.1) is 11.7 Å².